The summed E-state index contributed by atoms with van der Waals surface area (Å²) in [6, 6.07) is 0. The Morgan fingerprint density at radius 3 is 2.75 bits per heavy atom. The third kappa shape index (κ3) is 1.34. The van der Waals surface area contributed by atoms with E-state index in [1.807, 2.05) is 0 Å². The lowest BCUT2D eigenvalue weighted by Gasteiger charge is -2.17. The van der Waals surface area contributed by atoms with Crippen molar-refractivity contribution in [3.8, 4) is 0 Å². The van der Waals surface area contributed by atoms with Gasteiger partial charge < -0.3 is 5.11 Å². The summed E-state index contributed by atoms with van der Waals surface area (Å²) in [5.74, 6) is 0. The van der Waals surface area contributed by atoms with Gasteiger partial charge in [-0.15, -0.1) is 0 Å². The van der Waals surface area contributed by atoms with Crippen LogP contribution >= 0.6 is 0 Å². The van der Waals surface area contributed by atoms with E-state index < -0.39 is 0 Å². The first-order chi connectivity index (χ1) is 3.79. The minimum atomic E-state index is -0.0868. The molecule has 0 aromatic carbocycles. The molecular formula is C7H12O. The lowest BCUT2D eigenvalue weighted by atomic mass is 9.94. The zero-order valence-corrected chi connectivity index (χ0v) is 5.06. The Balaban J connectivity index is 2.34. The Labute approximate surface area is 50.0 Å². The van der Waals surface area contributed by atoms with E-state index in [0.29, 0.717) is 0 Å². The highest BCUT2D eigenvalue weighted by Gasteiger charge is 2.11. The van der Waals surface area contributed by atoms with Gasteiger partial charge in [0.2, 0.25) is 0 Å². The first kappa shape index (κ1) is 5.83. The molecule has 0 aromatic rings. The van der Waals surface area contributed by atoms with Gasteiger partial charge in [0.25, 0.3) is 0 Å². The van der Waals surface area contributed by atoms with Gasteiger partial charge in [-0.05, 0) is 25.7 Å². The molecule has 1 rings (SSSR count). The molecule has 0 heterocycles. The van der Waals surface area contributed by atoms with Gasteiger partial charge in [-0.2, -0.15) is 0 Å². The molecule has 0 amide bonds. The van der Waals surface area contributed by atoms with E-state index in [1.165, 1.54) is 5.57 Å². The molecule has 1 saturated carbocycles. The first-order valence-electron chi connectivity index (χ1n) is 3.14. The quantitative estimate of drug-likeness (QED) is 0.470. The van der Waals surface area contributed by atoms with Crippen LogP contribution < -0.4 is 0 Å². The van der Waals surface area contributed by atoms with Crippen LogP contribution in [-0.2, 0) is 0 Å². The lowest BCUT2D eigenvalue weighted by molar-refractivity contribution is 0.150. The SMILES string of the molecule is C=C1CCC[C@@H](O)C1. The van der Waals surface area contributed by atoms with E-state index in [0.717, 1.165) is 25.7 Å². The zero-order valence-electron chi connectivity index (χ0n) is 5.06. The van der Waals surface area contributed by atoms with Gasteiger partial charge in [-0.25, -0.2) is 0 Å². The predicted octanol–water partition coefficient (Wildman–Crippen LogP) is 1.48. The van der Waals surface area contributed by atoms with Gasteiger partial charge in [0, 0.05) is 0 Å². The summed E-state index contributed by atoms with van der Waals surface area (Å²) >= 11 is 0. The first-order valence-corrected chi connectivity index (χ1v) is 3.14. The van der Waals surface area contributed by atoms with Crippen molar-refractivity contribution in [2.24, 2.45) is 0 Å². The molecule has 1 aliphatic rings. The third-order valence-corrected chi connectivity index (χ3v) is 1.59. The van der Waals surface area contributed by atoms with E-state index in [4.69, 9.17) is 5.11 Å². The smallest absolute Gasteiger partial charge is 0.0577 e. The number of hydrogen-bond donors (Lipinski definition) is 1. The second kappa shape index (κ2) is 2.31. The molecule has 0 bridgehead atoms. The largest absolute Gasteiger partial charge is 0.393 e. The Morgan fingerprint density at radius 1 is 1.62 bits per heavy atom. The van der Waals surface area contributed by atoms with E-state index >= 15 is 0 Å². The van der Waals surface area contributed by atoms with Crippen molar-refractivity contribution in [1.82, 2.24) is 0 Å². The van der Waals surface area contributed by atoms with Crippen LogP contribution in [0, 0.1) is 0 Å². The van der Waals surface area contributed by atoms with Gasteiger partial charge in [-0.3, -0.25) is 0 Å². The van der Waals surface area contributed by atoms with Crippen molar-refractivity contribution in [3.05, 3.63) is 12.2 Å². The van der Waals surface area contributed by atoms with Crippen LogP contribution in [0.25, 0.3) is 0 Å². The molecule has 1 nitrogen and oxygen atoms in total. The summed E-state index contributed by atoms with van der Waals surface area (Å²) in [6.45, 7) is 3.80. The van der Waals surface area contributed by atoms with Crippen LogP contribution in [0.15, 0.2) is 12.2 Å². The molecule has 1 N–H and O–H groups in total. The predicted molar refractivity (Wildman–Crippen MR) is 33.6 cm³/mol. The minimum absolute atomic E-state index is 0.0868. The van der Waals surface area contributed by atoms with Crippen molar-refractivity contribution < 1.29 is 5.11 Å². The highest BCUT2D eigenvalue weighted by Crippen LogP contribution is 2.20. The molecule has 1 aliphatic carbocycles. The van der Waals surface area contributed by atoms with E-state index in [9.17, 15) is 0 Å². The van der Waals surface area contributed by atoms with Crippen molar-refractivity contribution >= 4 is 0 Å². The molecule has 0 unspecified atom stereocenters. The summed E-state index contributed by atoms with van der Waals surface area (Å²) in [4.78, 5) is 0. The lowest BCUT2D eigenvalue weighted by Crippen LogP contribution is -2.11. The number of aliphatic hydroxyl groups is 1. The molecule has 0 saturated heterocycles. The second-order valence-corrected chi connectivity index (χ2v) is 2.50. The maximum atomic E-state index is 9.02. The van der Waals surface area contributed by atoms with Crippen molar-refractivity contribution in [1.29, 1.82) is 0 Å². The normalized spacial score (nSPS) is 30.6. The van der Waals surface area contributed by atoms with Crippen LogP contribution in [0.3, 0.4) is 0 Å². The van der Waals surface area contributed by atoms with Crippen LogP contribution in [0.5, 0.6) is 0 Å². The average Bonchev–Trinajstić information content (AvgIpc) is 1.64. The van der Waals surface area contributed by atoms with Crippen molar-refractivity contribution in [2.75, 3.05) is 0 Å². The van der Waals surface area contributed by atoms with Crippen LogP contribution in [-0.4, -0.2) is 11.2 Å². The summed E-state index contributed by atoms with van der Waals surface area (Å²) in [5.41, 5.74) is 1.21. The molecule has 46 valence electrons. The average molecular weight is 112 g/mol. The molecule has 8 heavy (non-hydrogen) atoms. The topological polar surface area (TPSA) is 20.2 Å². The fourth-order valence-corrected chi connectivity index (χ4v) is 1.13. The minimum Gasteiger partial charge on any atom is -0.393 e. The van der Waals surface area contributed by atoms with Gasteiger partial charge in [0.05, 0.1) is 6.10 Å². The molecule has 0 aromatic heterocycles. The van der Waals surface area contributed by atoms with E-state index in [1.54, 1.807) is 0 Å². The number of aliphatic hydroxyl groups excluding tert-OH is 1. The number of rotatable bonds is 0. The standard InChI is InChI=1S/C7H12O/c1-6-3-2-4-7(8)5-6/h7-8H,1-5H2/t7-/m1/s1. The van der Waals surface area contributed by atoms with Gasteiger partial charge in [-0.1, -0.05) is 12.2 Å². The van der Waals surface area contributed by atoms with Crippen molar-refractivity contribution in [3.63, 3.8) is 0 Å². The maximum absolute atomic E-state index is 9.02. The highest BCUT2D eigenvalue weighted by molar-refractivity contribution is 4.99. The van der Waals surface area contributed by atoms with Gasteiger partial charge in [0.15, 0.2) is 0 Å². The summed E-state index contributed by atoms with van der Waals surface area (Å²) < 4.78 is 0. The molecule has 1 heteroatoms. The highest BCUT2D eigenvalue weighted by atomic mass is 16.3. The molecule has 0 spiro atoms. The molecular weight excluding hydrogens is 100 g/mol. The molecule has 0 radical (unpaired) electrons. The van der Waals surface area contributed by atoms with Gasteiger partial charge in [0.1, 0.15) is 0 Å². The Hall–Kier alpha value is -0.300. The Bertz CT molecular complexity index is 96.6. The molecule has 0 aliphatic heterocycles. The maximum Gasteiger partial charge on any atom is 0.0577 e. The summed E-state index contributed by atoms with van der Waals surface area (Å²) in [6.07, 6.45) is 3.96. The third-order valence-electron chi connectivity index (χ3n) is 1.59. The number of hydrogen-bond acceptors (Lipinski definition) is 1. The summed E-state index contributed by atoms with van der Waals surface area (Å²) in [5, 5.41) is 9.02. The molecule has 1 atom stereocenters. The Kier molecular flexibility index (Phi) is 1.69. The summed E-state index contributed by atoms with van der Waals surface area (Å²) in [7, 11) is 0. The second-order valence-electron chi connectivity index (χ2n) is 2.50. The van der Waals surface area contributed by atoms with Crippen LogP contribution in [0.1, 0.15) is 25.7 Å². The van der Waals surface area contributed by atoms with Crippen molar-refractivity contribution in [2.45, 2.75) is 31.8 Å². The molecule has 1 fully saturated rings. The van der Waals surface area contributed by atoms with E-state index in [-0.39, 0.29) is 6.10 Å². The fraction of sp³-hybridized carbons (Fsp3) is 0.714. The van der Waals surface area contributed by atoms with Crippen LogP contribution in [0.4, 0.5) is 0 Å². The zero-order chi connectivity index (χ0) is 5.98. The van der Waals surface area contributed by atoms with Crippen LogP contribution in [0.2, 0.25) is 0 Å². The Morgan fingerprint density at radius 2 is 2.38 bits per heavy atom. The monoisotopic (exact) mass is 112 g/mol. The van der Waals surface area contributed by atoms with E-state index in [2.05, 4.69) is 6.58 Å². The van der Waals surface area contributed by atoms with Gasteiger partial charge >= 0.3 is 0 Å². The fourth-order valence-electron chi connectivity index (χ4n) is 1.13.